The van der Waals surface area contributed by atoms with Gasteiger partial charge in [-0.1, -0.05) is 62.2 Å². The molecule has 0 aromatic heterocycles. The Hall–Kier alpha value is -1.98. The van der Waals surface area contributed by atoms with Gasteiger partial charge in [-0.15, -0.1) is 11.8 Å². The molecule has 0 saturated heterocycles. The summed E-state index contributed by atoms with van der Waals surface area (Å²) in [6.45, 7) is 5.07. The van der Waals surface area contributed by atoms with Crippen LogP contribution in [0.5, 0.6) is 0 Å². The largest absolute Gasteiger partial charge is 0.354 e. The van der Waals surface area contributed by atoms with E-state index >= 15 is 0 Å². The fraction of sp³-hybridized carbons (Fsp3) is 0.417. The summed E-state index contributed by atoms with van der Waals surface area (Å²) in [5, 5.41) is 3.64. The van der Waals surface area contributed by atoms with Crippen molar-refractivity contribution in [3.05, 3.63) is 65.2 Å². The lowest BCUT2D eigenvalue weighted by Gasteiger charge is -2.30. The number of nitrogens with zero attached hydrogens (tertiary/aromatic N) is 1. The molecule has 0 aliphatic rings. The van der Waals surface area contributed by atoms with Crippen molar-refractivity contribution in [3.63, 3.8) is 0 Å². The molecule has 1 atom stereocenters. The highest BCUT2D eigenvalue weighted by molar-refractivity contribution is 7.99. The van der Waals surface area contributed by atoms with Crippen molar-refractivity contribution in [1.29, 1.82) is 0 Å². The van der Waals surface area contributed by atoms with Crippen LogP contribution in [0.1, 0.15) is 45.1 Å². The molecular formula is C24H31ClN2O2S. The Kier molecular flexibility index (Phi) is 10.8. The van der Waals surface area contributed by atoms with E-state index < -0.39 is 6.04 Å². The molecule has 2 amide bonds. The number of hydrogen-bond donors (Lipinski definition) is 1. The van der Waals surface area contributed by atoms with Crippen LogP contribution in [0, 0.1) is 0 Å². The minimum absolute atomic E-state index is 0.00845. The molecule has 0 radical (unpaired) electrons. The Morgan fingerprint density at radius 2 is 1.77 bits per heavy atom. The number of amides is 2. The zero-order valence-electron chi connectivity index (χ0n) is 17.8. The van der Waals surface area contributed by atoms with Crippen molar-refractivity contribution in [2.45, 2.75) is 57.0 Å². The first-order valence-corrected chi connectivity index (χ1v) is 11.9. The number of unbranched alkanes of at least 4 members (excludes halogenated alkanes) is 1. The van der Waals surface area contributed by atoms with Crippen LogP contribution < -0.4 is 5.32 Å². The van der Waals surface area contributed by atoms with Gasteiger partial charge in [0.25, 0.3) is 0 Å². The van der Waals surface area contributed by atoms with Gasteiger partial charge in [-0.25, -0.2) is 0 Å². The van der Waals surface area contributed by atoms with Gasteiger partial charge < -0.3 is 10.2 Å². The van der Waals surface area contributed by atoms with E-state index in [1.54, 1.807) is 16.7 Å². The van der Waals surface area contributed by atoms with E-state index in [-0.39, 0.29) is 11.8 Å². The van der Waals surface area contributed by atoms with Crippen molar-refractivity contribution in [3.8, 4) is 0 Å². The molecule has 4 nitrogen and oxygen atoms in total. The normalized spacial score (nSPS) is 11.7. The van der Waals surface area contributed by atoms with E-state index in [0.29, 0.717) is 36.7 Å². The quantitative estimate of drug-likeness (QED) is 0.343. The Balaban J connectivity index is 2.08. The summed E-state index contributed by atoms with van der Waals surface area (Å²) < 4.78 is 0. The molecule has 30 heavy (non-hydrogen) atoms. The Morgan fingerprint density at radius 1 is 1.07 bits per heavy atom. The molecular weight excluding hydrogens is 416 g/mol. The summed E-state index contributed by atoms with van der Waals surface area (Å²) in [5.41, 5.74) is 0.961. The predicted octanol–water partition coefficient (Wildman–Crippen LogP) is 5.55. The smallest absolute Gasteiger partial charge is 0.242 e. The molecule has 0 spiro atoms. The first-order chi connectivity index (χ1) is 14.5. The first-order valence-electron chi connectivity index (χ1n) is 10.5. The number of rotatable bonds is 12. The molecule has 0 heterocycles. The molecule has 0 unspecified atom stereocenters. The third-order valence-corrected chi connectivity index (χ3v) is 6.08. The number of hydrogen-bond acceptors (Lipinski definition) is 3. The second kappa shape index (κ2) is 13.3. The van der Waals surface area contributed by atoms with Crippen LogP contribution in [0.2, 0.25) is 5.02 Å². The predicted molar refractivity (Wildman–Crippen MR) is 126 cm³/mol. The summed E-state index contributed by atoms with van der Waals surface area (Å²) >= 11 is 7.65. The van der Waals surface area contributed by atoms with E-state index in [0.717, 1.165) is 23.3 Å². The Bertz CT molecular complexity index is 784. The van der Waals surface area contributed by atoms with Gasteiger partial charge in [0, 0.05) is 35.2 Å². The molecule has 0 fully saturated rings. The molecule has 2 aromatic rings. The molecule has 1 N–H and O–H groups in total. The van der Waals surface area contributed by atoms with E-state index in [1.165, 1.54) is 0 Å². The number of nitrogens with one attached hydrogen (secondary N) is 1. The van der Waals surface area contributed by atoms with Crippen LogP contribution in [-0.2, 0) is 16.1 Å². The molecule has 6 heteroatoms. The van der Waals surface area contributed by atoms with Gasteiger partial charge >= 0.3 is 0 Å². The minimum atomic E-state index is -0.480. The van der Waals surface area contributed by atoms with E-state index in [1.807, 2.05) is 61.5 Å². The van der Waals surface area contributed by atoms with Crippen molar-refractivity contribution in [2.24, 2.45) is 0 Å². The molecule has 0 saturated carbocycles. The second-order valence-electron chi connectivity index (χ2n) is 7.13. The lowest BCUT2D eigenvalue weighted by Crippen LogP contribution is -2.49. The van der Waals surface area contributed by atoms with Gasteiger partial charge in [0.1, 0.15) is 6.04 Å². The maximum atomic E-state index is 13.1. The summed E-state index contributed by atoms with van der Waals surface area (Å²) in [4.78, 5) is 28.8. The van der Waals surface area contributed by atoms with E-state index in [4.69, 9.17) is 11.6 Å². The number of halogens is 1. The summed E-state index contributed by atoms with van der Waals surface area (Å²) in [5.74, 6) is 0.586. The lowest BCUT2D eigenvalue weighted by molar-refractivity contribution is -0.141. The zero-order chi connectivity index (χ0) is 21.8. The van der Waals surface area contributed by atoms with Crippen LogP contribution in [0.3, 0.4) is 0 Å². The molecule has 0 bridgehead atoms. The maximum Gasteiger partial charge on any atom is 0.242 e. The van der Waals surface area contributed by atoms with Crippen LogP contribution in [-0.4, -0.2) is 35.1 Å². The van der Waals surface area contributed by atoms with Gasteiger partial charge in [0.05, 0.1) is 0 Å². The Labute approximate surface area is 189 Å². The molecule has 2 aromatic carbocycles. The number of benzene rings is 2. The summed E-state index contributed by atoms with van der Waals surface area (Å²) in [6.07, 6.45) is 2.90. The number of carbonyl (C=O) groups is 2. The Morgan fingerprint density at radius 3 is 2.40 bits per heavy atom. The minimum Gasteiger partial charge on any atom is -0.354 e. The van der Waals surface area contributed by atoms with Crippen molar-refractivity contribution in [2.75, 3.05) is 12.3 Å². The second-order valence-corrected chi connectivity index (χ2v) is 8.73. The average molecular weight is 447 g/mol. The fourth-order valence-corrected chi connectivity index (χ4v) is 4.12. The van der Waals surface area contributed by atoms with Gasteiger partial charge in [0.15, 0.2) is 0 Å². The molecule has 162 valence electrons. The van der Waals surface area contributed by atoms with Crippen LogP contribution in [0.25, 0.3) is 0 Å². The van der Waals surface area contributed by atoms with Crippen LogP contribution in [0.15, 0.2) is 59.5 Å². The standard InChI is InChI=1S/C24H31ClN2O2S/c1-3-5-16-26-24(29)22(4-2)27(18-19-11-13-20(25)14-12-19)23(28)15-17-30-21-9-7-6-8-10-21/h6-14,22H,3-5,15-18H2,1-2H3,(H,26,29)/t22-/m0/s1. The van der Waals surface area contributed by atoms with Crippen LogP contribution in [0.4, 0.5) is 0 Å². The van der Waals surface area contributed by atoms with Gasteiger partial charge in [-0.3, -0.25) is 9.59 Å². The third kappa shape index (κ3) is 8.04. The highest BCUT2D eigenvalue weighted by atomic mass is 35.5. The van der Waals surface area contributed by atoms with E-state index in [2.05, 4.69) is 12.2 Å². The molecule has 0 aliphatic carbocycles. The fourth-order valence-electron chi connectivity index (χ4n) is 3.13. The van der Waals surface area contributed by atoms with Gasteiger partial charge in [-0.2, -0.15) is 0 Å². The van der Waals surface area contributed by atoms with Gasteiger partial charge in [-0.05, 0) is 42.7 Å². The zero-order valence-corrected chi connectivity index (χ0v) is 19.3. The third-order valence-electron chi connectivity index (χ3n) is 4.81. The number of carbonyl (C=O) groups excluding carboxylic acids is 2. The van der Waals surface area contributed by atoms with Crippen molar-refractivity contribution in [1.82, 2.24) is 10.2 Å². The molecule has 2 rings (SSSR count). The highest BCUT2D eigenvalue weighted by Crippen LogP contribution is 2.20. The highest BCUT2D eigenvalue weighted by Gasteiger charge is 2.28. The maximum absolute atomic E-state index is 13.1. The van der Waals surface area contributed by atoms with Crippen molar-refractivity contribution < 1.29 is 9.59 Å². The SMILES string of the molecule is CCCCNC(=O)[C@H](CC)N(Cc1ccc(Cl)cc1)C(=O)CCSc1ccccc1. The van der Waals surface area contributed by atoms with Crippen LogP contribution >= 0.6 is 23.4 Å². The molecule has 0 aliphatic heterocycles. The topological polar surface area (TPSA) is 49.4 Å². The average Bonchev–Trinajstić information content (AvgIpc) is 2.76. The summed E-state index contributed by atoms with van der Waals surface area (Å²) in [7, 11) is 0. The summed E-state index contributed by atoms with van der Waals surface area (Å²) in [6, 6.07) is 17.0. The van der Waals surface area contributed by atoms with E-state index in [9.17, 15) is 9.59 Å². The van der Waals surface area contributed by atoms with Crippen molar-refractivity contribution >= 4 is 35.2 Å². The first kappa shape index (κ1) is 24.3. The number of thioether (sulfide) groups is 1. The lowest BCUT2D eigenvalue weighted by atomic mass is 10.1. The monoisotopic (exact) mass is 446 g/mol. The van der Waals surface area contributed by atoms with Gasteiger partial charge in [0.2, 0.25) is 11.8 Å².